The van der Waals surface area contributed by atoms with E-state index >= 15 is 0 Å². The lowest BCUT2D eigenvalue weighted by molar-refractivity contribution is -0.129. The van der Waals surface area contributed by atoms with Crippen LogP contribution >= 0.6 is 15.9 Å². The van der Waals surface area contributed by atoms with Gasteiger partial charge in [0.05, 0.1) is 16.5 Å². The van der Waals surface area contributed by atoms with Crippen molar-refractivity contribution in [1.29, 1.82) is 0 Å². The molecule has 98 valence electrons. The molecule has 6 heteroatoms. The fraction of sp³-hybridized carbons (Fsp3) is 0.333. The Morgan fingerprint density at radius 2 is 2.06 bits per heavy atom. The van der Waals surface area contributed by atoms with E-state index in [1.54, 1.807) is 14.1 Å². The van der Waals surface area contributed by atoms with Gasteiger partial charge in [-0.05, 0) is 34.1 Å². The van der Waals surface area contributed by atoms with Crippen LogP contribution in [0.15, 0.2) is 22.7 Å². The fourth-order valence-electron chi connectivity index (χ4n) is 1.16. The predicted octanol–water partition coefficient (Wildman–Crippen LogP) is 2.22. The third kappa shape index (κ3) is 4.10. The van der Waals surface area contributed by atoms with E-state index < -0.39 is 11.8 Å². The van der Waals surface area contributed by atoms with Gasteiger partial charge in [-0.2, -0.15) is 0 Å². The Morgan fingerprint density at radius 1 is 1.39 bits per heavy atom. The van der Waals surface area contributed by atoms with E-state index in [4.69, 9.17) is 4.74 Å². The van der Waals surface area contributed by atoms with Gasteiger partial charge in [0.25, 0.3) is 0 Å². The average Bonchev–Trinajstić information content (AvgIpc) is 2.32. The summed E-state index contributed by atoms with van der Waals surface area (Å²) in [5.74, 6) is -1.15. The second-order valence-corrected chi connectivity index (χ2v) is 4.66. The molecule has 0 radical (unpaired) electrons. The molecule has 0 fully saturated rings. The summed E-state index contributed by atoms with van der Waals surface area (Å²) in [6, 6.07) is 3.84. The van der Waals surface area contributed by atoms with Crippen LogP contribution in [0.25, 0.3) is 0 Å². The second-order valence-electron chi connectivity index (χ2n) is 3.80. The van der Waals surface area contributed by atoms with Crippen molar-refractivity contribution in [2.24, 2.45) is 0 Å². The highest BCUT2D eigenvalue weighted by atomic mass is 79.9. The molecule has 0 aliphatic heterocycles. The maximum absolute atomic E-state index is 13.0. The highest BCUT2D eigenvalue weighted by Gasteiger charge is 2.11. The molecule has 0 aliphatic rings. The lowest BCUT2D eigenvalue weighted by Crippen LogP contribution is -2.23. The van der Waals surface area contributed by atoms with E-state index in [1.165, 1.54) is 23.1 Å². The highest BCUT2D eigenvalue weighted by molar-refractivity contribution is 9.10. The molecule has 0 heterocycles. The van der Waals surface area contributed by atoms with Crippen molar-refractivity contribution in [2.75, 3.05) is 20.7 Å². The van der Waals surface area contributed by atoms with Crippen LogP contribution in [0.3, 0.4) is 0 Å². The Morgan fingerprint density at radius 3 is 2.61 bits per heavy atom. The van der Waals surface area contributed by atoms with E-state index in [0.29, 0.717) is 0 Å². The van der Waals surface area contributed by atoms with Crippen molar-refractivity contribution in [3.05, 3.63) is 34.1 Å². The predicted molar refractivity (Wildman–Crippen MR) is 67.7 cm³/mol. The lowest BCUT2D eigenvalue weighted by Gasteiger charge is -2.10. The second kappa shape index (κ2) is 6.49. The van der Waals surface area contributed by atoms with Gasteiger partial charge in [-0.1, -0.05) is 0 Å². The Hall–Kier alpha value is -1.43. The SMILES string of the molecule is CN(C)C(=O)CCOC(=O)c1ccc(F)c(Br)c1. The number of benzene rings is 1. The smallest absolute Gasteiger partial charge is 0.338 e. The number of esters is 1. The van der Waals surface area contributed by atoms with E-state index in [9.17, 15) is 14.0 Å². The summed E-state index contributed by atoms with van der Waals surface area (Å²) in [5, 5.41) is 0. The molecule has 4 nitrogen and oxygen atoms in total. The van der Waals surface area contributed by atoms with Crippen molar-refractivity contribution >= 4 is 27.8 Å². The number of nitrogens with zero attached hydrogens (tertiary/aromatic N) is 1. The number of carbonyl (C=O) groups is 2. The van der Waals surface area contributed by atoms with Crippen LogP contribution < -0.4 is 0 Å². The van der Waals surface area contributed by atoms with Crippen LogP contribution in [-0.2, 0) is 9.53 Å². The Kier molecular flexibility index (Phi) is 5.27. The molecule has 0 aromatic heterocycles. The minimum Gasteiger partial charge on any atom is -0.462 e. The Bertz CT molecular complexity index is 463. The summed E-state index contributed by atoms with van der Waals surface area (Å²) in [6.07, 6.45) is 0.126. The third-order valence-corrected chi connectivity index (χ3v) is 2.81. The molecule has 1 amide bonds. The van der Waals surface area contributed by atoms with Gasteiger partial charge in [-0.25, -0.2) is 9.18 Å². The van der Waals surface area contributed by atoms with Crippen LogP contribution in [0.1, 0.15) is 16.8 Å². The topological polar surface area (TPSA) is 46.6 Å². The maximum Gasteiger partial charge on any atom is 0.338 e. The average molecular weight is 318 g/mol. The maximum atomic E-state index is 13.0. The van der Waals surface area contributed by atoms with Gasteiger partial charge in [0.2, 0.25) is 5.91 Å². The minimum absolute atomic E-state index is 0.00480. The standard InChI is InChI=1S/C12H13BrFNO3/c1-15(2)11(16)5-6-18-12(17)8-3-4-10(14)9(13)7-8/h3-4,7H,5-6H2,1-2H3. The number of rotatable bonds is 4. The van der Waals surface area contributed by atoms with E-state index in [1.807, 2.05) is 0 Å². The summed E-state index contributed by atoms with van der Waals surface area (Å²) in [6.45, 7) is 0.00480. The molecule has 1 aromatic rings. The molecule has 0 atom stereocenters. The first-order valence-corrected chi connectivity index (χ1v) is 6.03. The minimum atomic E-state index is -0.581. The summed E-state index contributed by atoms with van der Waals surface area (Å²) in [4.78, 5) is 24.2. The zero-order chi connectivity index (χ0) is 13.7. The summed E-state index contributed by atoms with van der Waals surface area (Å²) in [7, 11) is 3.25. The molecule has 1 aromatic carbocycles. The number of hydrogen-bond acceptors (Lipinski definition) is 3. The molecule has 0 saturated carbocycles. The number of halogens is 2. The third-order valence-electron chi connectivity index (χ3n) is 2.20. The quantitative estimate of drug-likeness (QED) is 0.800. The Balaban J connectivity index is 2.50. The summed E-state index contributed by atoms with van der Waals surface area (Å²) in [5.41, 5.74) is 0.237. The van der Waals surface area contributed by atoms with Gasteiger partial charge in [-0.3, -0.25) is 4.79 Å². The summed E-state index contributed by atoms with van der Waals surface area (Å²) < 4.78 is 18.1. The van der Waals surface area contributed by atoms with Gasteiger partial charge in [0.15, 0.2) is 0 Å². The molecule has 0 unspecified atom stereocenters. The van der Waals surface area contributed by atoms with Crippen LogP contribution in [0, 0.1) is 5.82 Å². The molecule has 1 rings (SSSR count). The van der Waals surface area contributed by atoms with Crippen molar-refractivity contribution in [2.45, 2.75) is 6.42 Å². The Labute approximate surface area is 113 Å². The molecule has 0 spiro atoms. The summed E-state index contributed by atoms with van der Waals surface area (Å²) >= 11 is 2.98. The molecular weight excluding hydrogens is 305 g/mol. The zero-order valence-electron chi connectivity index (χ0n) is 10.1. The molecular formula is C12H13BrFNO3. The van der Waals surface area contributed by atoms with Gasteiger partial charge in [-0.15, -0.1) is 0 Å². The first kappa shape index (κ1) is 14.6. The van der Waals surface area contributed by atoms with Gasteiger partial charge in [0, 0.05) is 14.1 Å². The van der Waals surface area contributed by atoms with Gasteiger partial charge in [0.1, 0.15) is 12.4 Å². The van der Waals surface area contributed by atoms with E-state index in [2.05, 4.69) is 15.9 Å². The van der Waals surface area contributed by atoms with Crippen molar-refractivity contribution in [3.8, 4) is 0 Å². The van der Waals surface area contributed by atoms with Crippen molar-refractivity contribution < 1.29 is 18.7 Å². The van der Waals surface area contributed by atoms with Crippen molar-refractivity contribution in [1.82, 2.24) is 4.90 Å². The van der Waals surface area contributed by atoms with Gasteiger partial charge < -0.3 is 9.64 Å². The molecule has 0 bridgehead atoms. The number of carbonyl (C=O) groups excluding carboxylic acids is 2. The fourth-order valence-corrected chi connectivity index (χ4v) is 1.54. The first-order valence-electron chi connectivity index (χ1n) is 5.24. The normalized spacial score (nSPS) is 10.0. The first-order chi connectivity index (χ1) is 8.41. The number of amides is 1. The number of ether oxygens (including phenoxy) is 1. The van der Waals surface area contributed by atoms with Crippen LogP contribution in [0.2, 0.25) is 0 Å². The van der Waals surface area contributed by atoms with Crippen molar-refractivity contribution in [3.63, 3.8) is 0 Å². The van der Waals surface area contributed by atoms with E-state index in [-0.39, 0.29) is 29.0 Å². The van der Waals surface area contributed by atoms with Crippen LogP contribution in [0.5, 0.6) is 0 Å². The highest BCUT2D eigenvalue weighted by Crippen LogP contribution is 2.17. The monoisotopic (exact) mass is 317 g/mol. The lowest BCUT2D eigenvalue weighted by atomic mass is 10.2. The molecule has 0 saturated heterocycles. The van der Waals surface area contributed by atoms with E-state index in [0.717, 1.165) is 0 Å². The molecule has 18 heavy (non-hydrogen) atoms. The zero-order valence-corrected chi connectivity index (χ0v) is 11.7. The van der Waals surface area contributed by atoms with Crippen LogP contribution in [-0.4, -0.2) is 37.5 Å². The molecule has 0 aliphatic carbocycles. The number of hydrogen-bond donors (Lipinski definition) is 0. The van der Waals surface area contributed by atoms with Crippen LogP contribution in [0.4, 0.5) is 4.39 Å². The van der Waals surface area contributed by atoms with Gasteiger partial charge >= 0.3 is 5.97 Å². The largest absolute Gasteiger partial charge is 0.462 e. The molecule has 0 N–H and O–H groups in total.